The van der Waals surface area contributed by atoms with Gasteiger partial charge in [-0.3, -0.25) is 4.84 Å². The van der Waals surface area contributed by atoms with Gasteiger partial charge in [-0.05, 0) is 52.6 Å². The van der Waals surface area contributed by atoms with E-state index in [1.807, 2.05) is 20.8 Å². The van der Waals surface area contributed by atoms with Crippen LogP contribution in [0.3, 0.4) is 0 Å². The highest BCUT2D eigenvalue weighted by Gasteiger charge is 2.25. The average Bonchev–Trinajstić information content (AvgIpc) is 2.24. The number of carbonyl (C=O) groups excluding carboxylic acids is 1. The van der Waals surface area contributed by atoms with Gasteiger partial charge in [0.25, 0.3) is 0 Å². The van der Waals surface area contributed by atoms with E-state index in [0.29, 0.717) is 12.5 Å². The van der Waals surface area contributed by atoms with E-state index in [9.17, 15) is 4.79 Å². The van der Waals surface area contributed by atoms with Gasteiger partial charge in [-0.2, -0.15) is 5.06 Å². The molecular weight excluding hydrogens is 220 g/mol. The second-order valence-corrected chi connectivity index (χ2v) is 5.42. The van der Waals surface area contributed by atoms with E-state index in [-0.39, 0.29) is 0 Å². The van der Waals surface area contributed by atoms with Crippen molar-refractivity contribution in [2.45, 2.75) is 39.2 Å². The van der Waals surface area contributed by atoms with E-state index in [0.717, 1.165) is 25.9 Å². The van der Waals surface area contributed by atoms with E-state index in [1.54, 1.807) is 0 Å². The Balaban J connectivity index is 2.43. The van der Waals surface area contributed by atoms with Crippen molar-refractivity contribution in [2.24, 2.45) is 5.92 Å². The molecule has 0 atom stereocenters. The van der Waals surface area contributed by atoms with Gasteiger partial charge in [-0.15, -0.1) is 0 Å². The zero-order valence-corrected chi connectivity index (χ0v) is 11.3. The Bertz CT molecular complexity index is 245. The number of nitrogens with zero attached hydrogens (tertiary/aromatic N) is 1. The molecule has 1 aliphatic heterocycles. The van der Waals surface area contributed by atoms with E-state index >= 15 is 0 Å². The fourth-order valence-electron chi connectivity index (χ4n) is 1.84. The van der Waals surface area contributed by atoms with Crippen LogP contribution in [-0.2, 0) is 9.57 Å². The smallest absolute Gasteiger partial charge is 0.434 e. The quantitative estimate of drug-likeness (QED) is 0.769. The van der Waals surface area contributed by atoms with Crippen molar-refractivity contribution in [1.82, 2.24) is 10.4 Å². The summed E-state index contributed by atoms with van der Waals surface area (Å²) in [7, 11) is 1.50. The second kappa shape index (κ2) is 6.21. The summed E-state index contributed by atoms with van der Waals surface area (Å²) in [6.45, 7) is 8.18. The standard InChI is InChI=1S/C12H24N2O3/c1-12(2,3)17-11(15)14(16-4)9-10-5-7-13-8-6-10/h10,13H,5-9H2,1-4H3. The number of hydroxylamine groups is 2. The lowest BCUT2D eigenvalue weighted by Gasteiger charge is -2.30. The molecule has 0 aromatic rings. The van der Waals surface area contributed by atoms with Gasteiger partial charge in [0.2, 0.25) is 0 Å². The SMILES string of the molecule is CON(CC1CCNCC1)C(=O)OC(C)(C)C. The van der Waals surface area contributed by atoms with E-state index in [1.165, 1.54) is 12.2 Å². The summed E-state index contributed by atoms with van der Waals surface area (Å²) in [5.41, 5.74) is -0.484. The minimum absolute atomic E-state index is 0.404. The third kappa shape index (κ3) is 5.37. The molecule has 1 saturated heterocycles. The zero-order valence-electron chi connectivity index (χ0n) is 11.3. The zero-order chi connectivity index (χ0) is 12.9. The summed E-state index contributed by atoms with van der Waals surface area (Å²) in [4.78, 5) is 16.9. The lowest BCUT2D eigenvalue weighted by Crippen LogP contribution is -2.41. The van der Waals surface area contributed by atoms with Gasteiger partial charge in [-0.1, -0.05) is 0 Å². The molecule has 0 aromatic carbocycles. The Labute approximate surface area is 103 Å². The van der Waals surface area contributed by atoms with Crippen molar-refractivity contribution in [1.29, 1.82) is 0 Å². The molecule has 1 rings (SSSR count). The van der Waals surface area contributed by atoms with Gasteiger partial charge in [0.1, 0.15) is 5.60 Å². The predicted octanol–water partition coefficient (Wildman–Crippen LogP) is 1.78. The molecule has 0 aromatic heterocycles. The summed E-state index contributed by atoms with van der Waals surface area (Å²) < 4.78 is 5.28. The summed E-state index contributed by atoms with van der Waals surface area (Å²) in [5, 5.41) is 4.62. The topological polar surface area (TPSA) is 50.8 Å². The van der Waals surface area contributed by atoms with Crippen LogP contribution >= 0.6 is 0 Å². The third-order valence-electron chi connectivity index (χ3n) is 2.70. The van der Waals surface area contributed by atoms with Gasteiger partial charge in [0.05, 0.1) is 13.7 Å². The number of piperidine rings is 1. The molecule has 0 aliphatic carbocycles. The van der Waals surface area contributed by atoms with Crippen molar-refractivity contribution in [3.8, 4) is 0 Å². The Morgan fingerprint density at radius 3 is 2.41 bits per heavy atom. The molecule has 5 heteroatoms. The van der Waals surface area contributed by atoms with Crippen molar-refractivity contribution < 1.29 is 14.4 Å². The van der Waals surface area contributed by atoms with Crippen molar-refractivity contribution in [3.63, 3.8) is 0 Å². The summed E-state index contributed by atoms with van der Waals surface area (Å²) >= 11 is 0. The van der Waals surface area contributed by atoms with Gasteiger partial charge < -0.3 is 10.1 Å². The van der Waals surface area contributed by atoms with Crippen molar-refractivity contribution in [2.75, 3.05) is 26.7 Å². The van der Waals surface area contributed by atoms with Gasteiger partial charge in [0, 0.05) is 0 Å². The lowest BCUT2D eigenvalue weighted by atomic mass is 9.98. The van der Waals surface area contributed by atoms with Crippen LogP contribution in [-0.4, -0.2) is 43.5 Å². The molecule has 1 heterocycles. The average molecular weight is 244 g/mol. The molecule has 17 heavy (non-hydrogen) atoms. The lowest BCUT2D eigenvalue weighted by molar-refractivity contribution is -0.131. The predicted molar refractivity (Wildman–Crippen MR) is 65.5 cm³/mol. The first kappa shape index (κ1) is 14.3. The van der Waals surface area contributed by atoms with E-state index in [4.69, 9.17) is 9.57 Å². The number of amides is 1. The van der Waals surface area contributed by atoms with Crippen LogP contribution in [0, 0.1) is 5.92 Å². The molecule has 5 nitrogen and oxygen atoms in total. The molecule has 0 bridgehead atoms. The number of nitrogens with one attached hydrogen (secondary N) is 1. The van der Waals surface area contributed by atoms with Crippen LogP contribution < -0.4 is 5.32 Å². The van der Waals surface area contributed by atoms with Crippen LogP contribution in [0.4, 0.5) is 4.79 Å². The number of carbonyl (C=O) groups is 1. The second-order valence-electron chi connectivity index (χ2n) is 5.42. The van der Waals surface area contributed by atoms with E-state index in [2.05, 4.69) is 5.32 Å². The third-order valence-corrected chi connectivity index (χ3v) is 2.70. The molecular formula is C12H24N2O3. The van der Waals surface area contributed by atoms with Crippen molar-refractivity contribution in [3.05, 3.63) is 0 Å². The van der Waals surface area contributed by atoms with Crippen molar-refractivity contribution >= 4 is 6.09 Å². The Morgan fingerprint density at radius 1 is 1.35 bits per heavy atom. The summed E-state index contributed by atoms with van der Waals surface area (Å²) in [6, 6.07) is 0. The van der Waals surface area contributed by atoms with Crippen LogP contribution in [0.25, 0.3) is 0 Å². The first-order valence-electron chi connectivity index (χ1n) is 6.17. The maximum absolute atomic E-state index is 11.8. The molecule has 1 amide bonds. The highest BCUT2D eigenvalue weighted by Crippen LogP contribution is 2.16. The molecule has 0 spiro atoms. The summed E-state index contributed by atoms with van der Waals surface area (Å²) in [5.74, 6) is 0.490. The number of hydrogen-bond donors (Lipinski definition) is 1. The fraction of sp³-hybridized carbons (Fsp3) is 0.917. The summed E-state index contributed by atoms with van der Waals surface area (Å²) in [6.07, 6.45) is 1.74. The molecule has 100 valence electrons. The molecule has 1 N–H and O–H groups in total. The maximum Gasteiger partial charge on any atom is 0.434 e. The minimum atomic E-state index is -0.484. The molecule has 1 fully saturated rings. The maximum atomic E-state index is 11.8. The van der Waals surface area contributed by atoms with Crippen LogP contribution in [0.1, 0.15) is 33.6 Å². The highest BCUT2D eigenvalue weighted by atomic mass is 16.7. The number of ether oxygens (including phenoxy) is 1. The Kier molecular flexibility index (Phi) is 5.21. The van der Waals surface area contributed by atoms with Gasteiger partial charge in [-0.25, -0.2) is 4.79 Å². The van der Waals surface area contributed by atoms with Gasteiger partial charge in [0.15, 0.2) is 0 Å². The highest BCUT2D eigenvalue weighted by molar-refractivity contribution is 5.66. The molecule has 0 radical (unpaired) electrons. The van der Waals surface area contributed by atoms with Crippen LogP contribution in [0.15, 0.2) is 0 Å². The monoisotopic (exact) mass is 244 g/mol. The van der Waals surface area contributed by atoms with Gasteiger partial charge >= 0.3 is 6.09 Å². The van der Waals surface area contributed by atoms with Crippen LogP contribution in [0.5, 0.6) is 0 Å². The molecule has 0 saturated carbocycles. The molecule has 0 unspecified atom stereocenters. The molecule has 1 aliphatic rings. The fourth-order valence-corrected chi connectivity index (χ4v) is 1.84. The Morgan fingerprint density at radius 2 is 1.94 bits per heavy atom. The first-order chi connectivity index (χ1) is 7.92. The normalized spacial score (nSPS) is 17.9. The van der Waals surface area contributed by atoms with Crippen LogP contribution in [0.2, 0.25) is 0 Å². The number of hydrogen-bond acceptors (Lipinski definition) is 4. The number of rotatable bonds is 3. The minimum Gasteiger partial charge on any atom is -0.442 e. The Hall–Kier alpha value is -0.810. The largest absolute Gasteiger partial charge is 0.442 e. The van der Waals surface area contributed by atoms with E-state index < -0.39 is 11.7 Å². The first-order valence-corrected chi connectivity index (χ1v) is 6.17.